The molecule has 0 aromatic heterocycles. The van der Waals surface area contributed by atoms with E-state index in [4.69, 9.17) is 0 Å². The summed E-state index contributed by atoms with van der Waals surface area (Å²) in [5.74, 6) is -0.327. The predicted octanol–water partition coefficient (Wildman–Crippen LogP) is 3.03. The molecule has 1 atom stereocenters. The van der Waals surface area contributed by atoms with E-state index in [0.29, 0.717) is 16.5 Å². The largest absolute Gasteiger partial charge is 0.388 e. The van der Waals surface area contributed by atoms with Crippen LogP contribution < -0.4 is 0 Å². The molecule has 3 heteroatoms. The highest BCUT2D eigenvalue weighted by Crippen LogP contribution is 2.21. The molecule has 0 saturated carbocycles. The fourth-order valence-corrected chi connectivity index (χ4v) is 1.49. The van der Waals surface area contributed by atoms with Gasteiger partial charge in [-0.25, -0.2) is 4.39 Å². The van der Waals surface area contributed by atoms with Crippen LogP contribution in [0.2, 0.25) is 0 Å². The molecule has 0 unspecified atom stereocenters. The van der Waals surface area contributed by atoms with Crippen molar-refractivity contribution in [3.63, 3.8) is 0 Å². The highest BCUT2D eigenvalue weighted by Gasteiger charge is 2.06. The number of benzene rings is 1. The maximum absolute atomic E-state index is 12.8. The normalized spacial score (nSPS) is 13.0. The molecule has 0 saturated heterocycles. The van der Waals surface area contributed by atoms with Gasteiger partial charge in [0.1, 0.15) is 5.82 Å². The minimum Gasteiger partial charge on any atom is -0.388 e. The van der Waals surface area contributed by atoms with Crippen LogP contribution in [0.15, 0.2) is 22.7 Å². The zero-order chi connectivity index (χ0) is 9.14. The summed E-state index contributed by atoms with van der Waals surface area (Å²) in [7, 11) is 0. The molecule has 0 spiro atoms. The van der Waals surface area contributed by atoms with E-state index in [2.05, 4.69) is 15.9 Å². The first kappa shape index (κ1) is 9.68. The zero-order valence-electron chi connectivity index (χ0n) is 6.72. The molecule has 0 radical (unpaired) electrons. The van der Waals surface area contributed by atoms with Gasteiger partial charge >= 0.3 is 0 Å². The average molecular weight is 233 g/mol. The molecule has 12 heavy (non-hydrogen) atoms. The van der Waals surface area contributed by atoms with Gasteiger partial charge in [0, 0.05) is 4.47 Å². The SMILES string of the molecule is CC[C@H](O)c1cc(F)cc(Br)c1. The second kappa shape index (κ2) is 4.01. The lowest BCUT2D eigenvalue weighted by molar-refractivity contribution is 0.173. The lowest BCUT2D eigenvalue weighted by atomic mass is 10.1. The first-order valence-electron chi connectivity index (χ1n) is 3.77. The summed E-state index contributed by atoms with van der Waals surface area (Å²) in [6.07, 6.45) is 0.0209. The molecule has 1 N–H and O–H groups in total. The van der Waals surface area contributed by atoms with Crippen molar-refractivity contribution in [2.45, 2.75) is 19.4 Å². The van der Waals surface area contributed by atoms with Gasteiger partial charge < -0.3 is 5.11 Å². The van der Waals surface area contributed by atoms with Crippen LogP contribution in [0.25, 0.3) is 0 Å². The van der Waals surface area contributed by atoms with Crippen LogP contribution in [0, 0.1) is 5.82 Å². The van der Waals surface area contributed by atoms with Crippen LogP contribution in [0.4, 0.5) is 4.39 Å². The lowest BCUT2D eigenvalue weighted by Crippen LogP contribution is -1.95. The van der Waals surface area contributed by atoms with Crippen molar-refractivity contribution in [3.8, 4) is 0 Å². The van der Waals surface area contributed by atoms with Crippen molar-refractivity contribution in [3.05, 3.63) is 34.1 Å². The van der Waals surface area contributed by atoms with Crippen molar-refractivity contribution in [2.75, 3.05) is 0 Å². The van der Waals surface area contributed by atoms with Gasteiger partial charge in [0.05, 0.1) is 6.10 Å². The Kier molecular flexibility index (Phi) is 3.23. The lowest BCUT2D eigenvalue weighted by Gasteiger charge is -2.08. The van der Waals surface area contributed by atoms with Crippen LogP contribution in [0.1, 0.15) is 25.0 Å². The van der Waals surface area contributed by atoms with E-state index in [1.54, 1.807) is 6.07 Å². The van der Waals surface area contributed by atoms with E-state index in [1.807, 2.05) is 6.92 Å². The Balaban J connectivity index is 3.00. The molecule has 66 valence electrons. The third-order valence-corrected chi connectivity index (χ3v) is 2.11. The number of halogens is 2. The molecular formula is C9H10BrFO. The summed E-state index contributed by atoms with van der Waals surface area (Å²) in [4.78, 5) is 0. The van der Waals surface area contributed by atoms with Crippen LogP contribution >= 0.6 is 15.9 Å². The average Bonchev–Trinajstić information content (AvgIpc) is 2.01. The van der Waals surface area contributed by atoms with Gasteiger partial charge in [0.2, 0.25) is 0 Å². The van der Waals surface area contributed by atoms with Gasteiger partial charge in [-0.3, -0.25) is 0 Å². The van der Waals surface area contributed by atoms with E-state index in [1.165, 1.54) is 12.1 Å². The quantitative estimate of drug-likeness (QED) is 0.832. The molecule has 1 rings (SSSR count). The zero-order valence-corrected chi connectivity index (χ0v) is 8.31. The van der Waals surface area contributed by atoms with Crippen molar-refractivity contribution in [2.24, 2.45) is 0 Å². The van der Waals surface area contributed by atoms with Crippen LogP contribution in [-0.2, 0) is 0 Å². The third kappa shape index (κ3) is 2.29. The fraction of sp³-hybridized carbons (Fsp3) is 0.333. The van der Waals surface area contributed by atoms with Crippen molar-refractivity contribution < 1.29 is 9.50 Å². The Morgan fingerprint density at radius 3 is 2.67 bits per heavy atom. The predicted molar refractivity (Wildman–Crippen MR) is 49.4 cm³/mol. The molecule has 1 nitrogen and oxygen atoms in total. The second-order valence-corrected chi connectivity index (χ2v) is 3.54. The van der Waals surface area contributed by atoms with E-state index >= 15 is 0 Å². The molecule has 0 heterocycles. The summed E-state index contributed by atoms with van der Waals surface area (Å²) in [6, 6.07) is 4.43. The first-order valence-corrected chi connectivity index (χ1v) is 4.57. The summed E-state index contributed by atoms with van der Waals surface area (Å²) >= 11 is 3.16. The smallest absolute Gasteiger partial charge is 0.124 e. The van der Waals surface area contributed by atoms with Crippen LogP contribution in [0.3, 0.4) is 0 Å². The van der Waals surface area contributed by atoms with Crippen molar-refractivity contribution in [1.29, 1.82) is 0 Å². The number of aliphatic hydroxyl groups is 1. The molecule has 0 fully saturated rings. The van der Waals surface area contributed by atoms with E-state index in [9.17, 15) is 9.50 Å². The molecule has 0 aliphatic heterocycles. The highest BCUT2D eigenvalue weighted by molar-refractivity contribution is 9.10. The Morgan fingerprint density at radius 2 is 2.17 bits per heavy atom. The number of hydrogen-bond acceptors (Lipinski definition) is 1. The van der Waals surface area contributed by atoms with Gasteiger partial charge in [-0.1, -0.05) is 22.9 Å². The number of aliphatic hydroxyl groups excluding tert-OH is 1. The number of rotatable bonds is 2. The maximum atomic E-state index is 12.8. The van der Waals surface area contributed by atoms with Gasteiger partial charge in [-0.15, -0.1) is 0 Å². The van der Waals surface area contributed by atoms with Gasteiger partial charge in [-0.2, -0.15) is 0 Å². The fourth-order valence-electron chi connectivity index (χ4n) is 1.00. The minimum atomic E-state index is -0.572. The third-order valence-electron chi connectivity index (χ3n) is 1.66. The molecule has 0 bridgehead atoms. The highest BCUT2D eigenvalue weighted by atomic mass is 79.9. The molecule has 1 aromatic rings. The van der Waals surface area contributed by atoms with Gasteiger partial charge in [-0.05, 0) is 30.2 Å². The van der Waals surface area contributed by atoms with E-state index in [-0.39, 0.29) is 5.82 Å². The number of hydrogen-bond donors (Lipinski definition) is 1. The Hall–Kier alpha value is -0.410. The van der Waals surface area contributed by atoms with E-state index < -0.39 is 6.10 Å². The standard InChI is InChI=1S/C9H10BrFO/c1-2-9(12)6-3-7(10)5-8(11)4-6/h3-5,9,12H,2H2,1H3/t9-/m0/s1. The summed E-state index contributed by atoms with van der Waals surface area (Å²) in [5, 5.41) is 9.39. The van der Waals surface area contributed by atoms with Crippen molar-refractivity contribution in [1.82, 2.24) is 0 Å². The maximum Gasteiger partial charge on any atom is 0.124 e. The van der Waals surface area contributed by atoms with Gasteiger partial charge in [0.15, 0.2) is 0 Å². The van der Waals surface area contributed by atoms with E-state index in [0.717, 1.165) is 0 Å². The molecule has 0 amide bonds. The molecule has 1 aromatic carbocycles. The summed E-state index contributed by atoms with van der Waals surface area (Å²) < 4.78 is 13.4. The molecule has 0 aliphatic carbocycles. The minimum absolute atomic E-state index is 0.327. The second-order valence-electron chi connectivity index (χ2n) is 2.63. The van der Waals surface area contributed by atoms with Crippen LogP contribution in [-0.4, -0.2) is 5.11 Å². The van der Waals surface area contributed by atoms with Crippen molar-refractivity contribution >= 4 is 15.9 Å². The summed E-state index contributed by atoms with van der Waals surface area (Å²) in [5.41, 5.74) is 0.615. The van der Waals surface area contributed by atoms with Gasteiger partial charge in [0.25, 0.3) is 0 Å². The topological polar surface area (TPSA) is 20.2 Å². The Bertz CT molecular complexity index is 255. The monoisotopic (exact) mass is 232 g/mol. The Morgan fingerprint density at radius 1 is 1.50 bits per heavy atom. The van der Waals surface area contributed by atoms with Crippen LogP contribution in [0.5, 0.6) is 0 Å². The first-order chi connectivity index (χ1) is 5.63. The molecular weight excluding hydrogens is 223 g/mol. The summed E-state index contributed by atoms with van der Waals surface area (Å²) in [6.45, 7) is 1.85. The molecule has 0 aliphatic rings. The Labute approximate surface area is 79.4 Å².